The first-order valence-corrected chi connectivity index (χ1v) is 7.22. The van der Waals surface area contributed by atoms with Gasteiger partial charge in [0.05, 0.1) is 18.1 Å². The normalized spacial score (nSPS) is 10.4. The van der Waals surface area contributed by atoms with E-state index >= 15 is 0 Å². The van der Waals surface area contributed by atoms with Gasteiger partial charge in [-0.15, -0.1) is 5.10 Å². The maximum Gasteiger partial charge on any atom is 0.257 e. The smallest absolute Gasteiger partial charge is 0.257 e. The fraction of sp³-hybridized carbons (Fsp3) is 0.467. The third-order valence-corrected chi connectivity index (χ3v) is 3.20. The molecule has 110 valence electrons. The van der Waals surface area contributed by atoms with Crippen molar-refractivity contribution < 1.29 is 4.74 Å². The Morgan fingerprint density at radius 2 is 2.05 bits per heavy atom. The van der Waals surface area contributed by atoms with E-state index in [1.165, 1.54) is 0 Å². The number of hydrogen-bond acceptors (Lipinski definition) is 5. The van der Waals surface area contributed by atoms with Crippen LogP contribution in [-0.4, -0.2) is 20.0 Å². The van der Waals surface area contributed by atoms with Gasteiger partial charge in [-0.25, -0.2) is 0 Å². The molecule has 0 aliphatic carbocycles. The number of aromatic nitrogens is 4. The summed E-state index contributed by atoms with van der Waals surface area (Å²) in [7, 11) is 0. The van der Waals surface area contributed by atoms with Gasteiger partial charge in [0.15, 0.2) is 5.75 Å². The maximum atomic E-state index is 9.40. The van der Waals surface area contributed by atoms with Crippen LogP contribution in [0.4, 0.5) is 0 Å². The van der Waals surface area contributed by atoms with Crippen LogP contribution in [0, 0.1) is 11.3 Å². The zero-order chi connectivity index (χ0) is 15.2. The topological polar surface area (TPSA) is 76.6 Å². The zero-order valence-electron chi connectivity index (χ0n) is 12.6. The molecule has 2 aromatic heterocycles. The molecule has 21 heavy (non-hydrogen) atoms. The van der Waals surface area contributed by atoms with Crippen LogP contribution in [0.5, 0.6) is 11.6 Å². The van der Waals surface area contributed by atoms with Gasteiger partial charge in [-0.2, -0.15) is 15.5 Å². The van der Waals surface area contributed by atoms with E-state index in [2.05, 4.69) is 28.3 Å². The highest BCUT2D eigenvalue weighted by molar-refractivity contribution is 5.47. The summed E-state index contributed by atoms with van der Waals surface area (Å²) in [5.41, 5.74) is 2.22. The van der Waals surface area contributed by atoms with E-state index in [1.807, 2.05) is 13.8 Å². The molecule has 6 heteroatoms. The molecular formula is C15H19N5O. The van der Waals surface area contributed by atoms with Gasteiger partial charge < -0.3 is 4.74 Å². The Bertz CT molecular complexity index is 657. The van der Waals surface area contributed by atoms with E-state index in [4.69, 9.17) is 4.74 Å². The van der Waals surface area contributed by atoms with E-state index in [1.54, 1.807) is 17.1 Å². The molecule has 6 nitrogen and oxygen atoms in total. The lowest BCUT2D eigenvalue weighted by atomic mass is 10.0. The molecular weight excluding hydrogens is 266 g/mol. The van der Waals surface area contributed by atoms with Gasteiger partial charge in [0.2, 0.25) is 0 Å². The standard InChI is InChI=1S/C15H19N5O/c1-4-7-20-10-11(9-17-20)21-15-13(8-16)12(5-2)14(6-3)18-19-15/h9-10H,4-7H2,1-3H3. The summed E-state index contributed by atoms with van der Waals surface area (Å²) in [5.74, 6) is 0.822. The highest BCUT2D eigenvalue weighted by Crippen LogP contribution is 2.26. The highest BCUT2D eigenvalue weighted by Gasteiger charge is 2.16. The van der Waals surface area contributed by atoms with Crippen molar-refractivity contribution >= 4 is 0 Å². The summed E-state index contributed by atoms with van der Waals surface area (Å²) in [4.78, 5) is 0. The Kier molecular flexibility index (Phi) is 4.88. The van der Waals surface area contributed by atoms with Crippen LogP contribution < -0.4 is 4.74 Å². The molecule has 0 radical (unpaired) electrons. The second kappa shape index (κ2) is 6.84. The summed E-state index contributed by atoms with van der Waals surface area (Å²) in [6.07, 6.45) is 5.89. The van der Waals surface area contributed by atoms with Crippen molar-refractivity contribution in [3.05, 3.63) is 29.2 Å². The summed E-state index contributed by atoms with van der Waals surface area (Å²) in [6, 6.07) is 2.19. The summed E-state index contributed by atoms with van der Waals surface area (Å²) in [5, 5.41) is 21.8. The molecule has 0 aromatic carbocycles. The summed E-state index contributed by atoms with van der Waals surface area (Å²) in [6.45, 7) is 6.91. The van der Waals surface area contributed by atoms with Crippen molar-refractivity contribution in [2.75, 3.05) is 0 Å². The van der Waals surface area contributed by atoms with Crippen LogP contribution in [0.15, 0.2) is 12.4 Å². The number of hydrogen-bond donors (Lipinski definition) is 0. The summed E-state index contributed by atoms with van der Waals surface area (Å²) >= 11 is 0. The molecule has 0 spiro atoms. The second-order valence-corrected chi connectivity index (χ2v) is 4.67. The molecule has 0 aliphatic heterocycles. The monoisotopic (exact) mass is 285 g/mol. The quantitative estimate of drug-likeness (QED) is 0.815. The minimum absolute atomic E-state index is 0.252. The van der Waals surface area contributed by atoms with Crippen molar-refractivity contribution in [1.82, 2.24) is 20.0 Å². The molecule has 0 N–H and O–H groups in total. The van der Waals surface area contributed by atoms with Gasteiger partial charge in [0.25, 0.3) is 5.88 Å². The molecule has 0 aliphatic rings. The van der Waals surface area contributed by atoms with Crippen molar-refractivity contribution in [3.8, 4) is 17.7 Å². The van der Waals surface area contributed by atoms with Gasteiger partial charge in [-0.3, -0.25) is 4.68 Å². The molecule has 0 saturated heterocycles. The number of nitriles is 1. The minimum Gasteiger partial charge on any atom is -0.433 e. The predicted octanol–water partition coefficient (Wildman–Crippen LogP) is 2.87. The molecule has 0 bridgehead atoms. The lowest BCUT2D eigenvalue weighted by Crippen LogP contribution is -2.05. The van der Waals surface area contributed by atoms with Gasteiger partial charge in [0, 0.05) is 6.54 Å². The van der Waals surface area contributed by atoms with E-state index in [0.717, 1.165) is 37.1 Å². The van der Waals surface area contributed by atoms with Crippen LogP contribution >= 0.6 is 0 Å². The number of nitrogens with zero attached hydrogens (tertiary/aromatic N) is 5. The van der Waals surface area contributed by atoms with Crippen molar-refractivity contribution in [1.29, 1.82) is 5.26 Å². The van der Waals surface area contributed by atoms with E-state index < -0.39 is 0 Å². The van der Waals surface area contributed by atoms with Gasteiger partial charge in [-0.05, 0) is 24.8 Å². The van der Waals surface area contributed by atoms with Gasteiger partial charge >= 0.3 is 0 Å². The third-order valence-electron chi connectivity index (χ3n) is 3.20. The van der Waals surface area contributed by atoms with E-state index in [9.17, 15) is 5.26 Å². The Balaban J connectivity index is 2.33. The van der Waals surface area contributed by atoms with Crippen molar-refractivity contribution in [2.24, 2.45) is 0 Å². The van der Waals surface area contributed by atoms with Crippen LogP contribution in [-0.2, 0) is 19.4 Å². The number of aryl methyl sites for hydroxylation is 2. The van der Waals surface area contributed by atoms with Crippen LogP contribution in [0.3, 0.4) is 0 Å². The SMILES string of the molecule is CCCn1cc(Oc2nnc(CC)c(CC)c2C#N)cn1. The maximum absolute atomic E-state index is 9.40. The molecule has 2 heterocycles. The highest BCUT2D eigenvalue weighted by atomic mass is 16.5. The van der Waals surface area contributed by atoms with Crippen LogP contribution in [0.1, 0.15) is 44.0 Å². The second-order valence-electron chi connectivity index (χ2n) is 4.67. The van der Waals surface area contributed by atoms with Gasteiger partial charge in [0.1, 0.15) is 11.6 Å². The summed E-state index contributed by atoms with van der Waals surface area (Å²) < 4.78 is 7.49. The third kappa shape index (κ3) is 3.19. The Hall–Kier alpha value is -2.42. The fourth-order valence-electron chi connectivity index (χ4n) is 2.20. The number of ether oxygens (including phenoxy) is 1. The average Bonchev–Trinajstić information content (AvgIpc) is 2.94. The molecule has 0 atom stereocenters. The predicted molar refractivity (Wildman–Crippen MR) is 78.1 cm³/mol. The van der Waals surface area contributed by atoms with E-state index in [-0.39, 0.29) is 5.88 Å². The molecule has 0 fully saturated rings. The Labute approximate surface area is 124 Å². The Morgan fingerprint density at radius 3 is 2.67 bits per heavy atom. The van der Waals surface area contributed by atoms with Crippen LogP contribution in [0.2, 0.25) is 0 Å². The average molecular weight is 285 g/mol. The first-order valence-electron chi connectivity index (χ1n) is 7.22. The fourth-order valence-corrected chi connectivity index (χ4v) is 2.20. The molecule has 0 saturated carbocycles. The first-order chi connectivity index (χ1) is 10.2. The number of rotatable bonds is 6. The van der Waals surface area contributed by atoms with E-state index in [0.29, 0.717) is 11.3 Å². The molecule has 2 aromatic rings. The minimum atomic E-state index is 0.252. The molecule has 0 amide bonds. The first kappa shape index (κ1) is 15.0. The lowest BCUT2D eigenvalue weighted by Gasteiger charge is -2.09. The molecule has 0 unspecified atom stereocenters. The van der Waals surface area contributed by atoms with Gasteiger partial charge in [-0.1, -0.05) is 20.8 Å². The largest absolute Gasteiger partial charge is 0.433 e. The zero-order valence-corrected chi connectivity index (χ0v) is 12.6. The lowest BCUT2D eigenvalue weighted by molar-refractivity contribution is 0.449. The molecule has 2 rings (SSSR count). The Morgan fingerprint density at radius 1 is 1.24 bits per heavy atom. The van der Waals surface area contributed by atoms with Crippen molar-refractivity contribution in [2.45, 2.75) is 46.6 Å². The van der Waals surface area contributed by atoms with Crippen LogP contribution in [0.25, 0.3) is 0 Å². The van der Waals surface area contributed by atoms with Crippen molar-refractivity contribution in [3.63, 3.8) is 0 Å².